The third-order valence-corrected chi connectivity index (χ3v) is 4.08. The maximum atomic E-state index is 12.4. The van der Waals surface area contributed by atoms with Gasteiger partial charge in [0.25, 0.3) is 11.8 Å². The van der Waals surface area contributed by atoms with E-state index >= 15 is 0 Å². The minimum atomic E-state index is -0.292. The number of ether oxygens (including phenoxy) is 1. The molecule has 1 rings (SSSR count). The van der Waals surface area contributed by atoms with E-state index in [-0.39, 0.29) is 37.4 Å². The molecule has 3 amide bonds. The Morgan fingerprint density at radius 2 is 1.77 bits per heavy atom. The highest BCUT2D eigenvalue weighted by atomic mass is 16.5. The molecule has 0 saturated heterocycles. The Balaban J connectivity index is 2.62. The standard InChI is InChI=1S/C18H28N4O4/c1-13-6-5-7-15(14(13)2)21-18(25)12-22(8-9-26-4)11-17(24)20-10-16(23)19-3/h5-7H,8-12H2,1-4H3,(H,19,23)(H,20,24)(H,21,25)/p+1. The van der Waals surface area contributed by atoms with Gasteiger partial charge in [-0.05, 0) is 31.0 Å². The van der Waals surface area contributed by atoms with E-state index in [9.17, 15) is 14.4 Å². The Morgan fingerprint density at radius 3 is 2.42 bits per heavy atom. The maximum absolute atomic E-state index is 12.4. The second-order valence-electron chi connectivity index (χ2n) is 6.09. The number of carbonyl (C=O) groups excluding carboxylic acids is 3. The fourth-order valence-electron chi connectivity index (χ4n) is 2.35. The first-order chi connectivity index (χ1) is 12.4. The van der Waals surface area contributed by atoms with Crippen molar-refractivity contribution in [3.63, 3.8) is 0 Å². The van der Waals surface area contributed by atoms with Gasteiger partial charge in [0.15, 0.2) is 13.1 Å². The zero-order chi connectivity index (χ0) is 19.5. The second kappa shape index (κ2) is 11.2. The fraction of sp³-hybridized carbons (Fsp3) is 0.500. The summed E-state index contributed by atoms with van der Waals surface area (Å²) in [6, 6.07) is 5.72. The summed E-state index contributed by atoms with van der Waals surface area (Å²) in [5, 5.41) is 7.86. The molecule has 144 valence electrons. The monoisotopic (exact) mass is 365 g/mol. The molecule has 0 saturated carbocycles. The molecule has 1 aromatic rings. The van der Waals surface area contributed by atoms with Crippen molar-refractivity contribution >= 4 is 23.4 Å². The molecular weight excluding hydrogens is 336 g/mol. The predicted octanol–water partition coefficient (Wildman–Crippen LogP) is -1.36. The number of hydrogen-bond acceptors (Lipinski definition) is 4. The van der Waals surface area contributed by atoms with Crippen LogP contribution < -0.4 is 20.9 Å². The highest BCUT2D eigenvalue weighted by Crippen LogP contribution is 2.17. The lowest BCUT2D eigenvalue weighted by Gasteiger charge is -2.19. The summed E-state index contributed by atoms with van der Waals surface area (Å²) >= 11 is 0. The zero-order valence-electron chi connectivity index (χ0n) is 15.9. The van der Waals surface area contributed by atoms with Crippen molar-refractivity contribution in [1.29, 1.82) is 0 Å². The Bertz CT molecular complexity index is 634. The van der Waals surface area contributed by atoms with Crippen LogP contribution in [0.5, 0.6) is 0 Å². The molecule has 1 unspecified atom stereocenters. The number of aryl methyl sites for hydroxylation is 1. The summed E-state index contributed by atoms with van der Waals surface area (Å²) in [5.74, 6) is -0.743. The van der Waals surface area contributed by atoms with Gasteiger partial charge in [0.05, 0.1) is 13.2 Å². The number of hydrogen-bond donors (Lipinski definition) is 4. The van der Waals surface area contributed by atoms with Crippen LogP contribution in [0.3, 0.4) is 0 Å². The van der Waals surface area contributed by atoms with Gasteiger partial charge in [-0.15, -0.1) is 0 Å². The Kier molecular flexibility index (Phi) is 9.32. The number of amides is 3. The quantitative estimate of drug-likeness (QED) is 0.411. The normalized spacial score (nSPS) is 11.5. The lowest BCUT2D eigenvalue weighted by Crippen LogP contribution is -3.14. The van der Waals surface area contributed by atoms with E-state index in [4.69, 9.17) is 4.74 Å². The Morgan fingerprint density at radius 1 is 1.08 bits per heavy atom. The number of rotatable bonds is 10. The van der Waals surface area contributed by atoms with Gasteiger partial charge in [0.2, 0.25) is 5.91 Å². The third kappa shape index (κ3) is 7.62. The van der Waals surface area contributed by atoms with E-state index in [0.29, 0.717) is 13.2 Å². The number of likely N-dealkylation sites (N-methyl/N-ethyl adjacent to an activating group) is 1. The van der Waals surface area contributed by atoms with Crippen molar-refractivity contribution in [2.45, 2.75) is 13.8 Å². The zero-order valence-corrected chi connectivity index (χ0v) is 15.9. The van der Waals surface area contributed by atoms with Crippen LogP contribution in [0.1, 0.15) is 11.1 Å². The molecule has 1 atom stereocenters. The lowest BCUT2D eigenvalue weighted by atomic mass is 10.1. The molecule has 0 heterocycles. The molecule has 8 nitrogen and oxygen atoms in total. The van der Waals surface area contributed by atoms with Crippen molar-refractivity contribution in [1.82, 2.24) is 10.6 Å². The topological polar surface area (TPSA) is 101 Å². The molecule has 0 bridgehead atoms. The predicted molar refractivity (Wildman–Crippen MR) is 99.1 cm³/mol. The first-order valence-corrected chi connectivity index (χ1v) is 8.53. The van der Waals surface area contributed by atoms with Gasteiger partial charge in [-0.25, -0.2) is 0 Å². The maximum Gasteiger partial charge on any atom is 0.279 e. The number of nitrogens with one attached hydrogen (secondary N) is 4. The van der Waals surface area contributed by atoms with Crippen molar-refractivity contribution in [2.75, 3.05) is 52.3 Å². The minimum absolute atomic E-state index is 0.0818. The van der Waals surface area contributed by atoms with Crippen LogP contribution in [0.2, 0.25) is 0 Å². The van der Waals surface area contributed by atoms with Crippen molar-refractivity contribution in [2.24, 2.45) is 0 Å². The summed E-state index contributed by atoms with van der Waals surface area (Å²) < 4.78 is 5.06. The largest absolute Gasteiger partial charge is 0.379 e. The van der Waals surface area contributed by atoms with Crippen LogP contribution in [0, 0.1) is 13.8 Å². The first-order valence-electron chi connectivity index (χ1n) is 8.53. The van der Waals surface area contributed by atoms with Crippen LogP contribution in [0.4, 0.5) is 5.69 Å². The number of methoxy groups -OCH3 is 1. The number of carbonyl (C=O) groups is 3. The molecule has 0 aliphatic rings. The third-order valence-electron chi connectivity index (χ3n) is 4.08. The molecular formula is C18H29N4O4+. The van der Waals surface area contributed by atoms with Crippen molar-refractivity contribution in [3.05, 3.63) is 29.3 Å². The minimum Gasteiger partial charge on any atom is -0.379 e. The summed E-state index contributed by atoms with van der Waals surface area (Å²) in [5.41, 5.74) is 2.88. The van der Waals surface area contributed by atoms with Gasteiger partial charge in [0, 0.05) is 19.8 Å². The molecule has 8 heteroatoms. The summed E-state index contributed by atoms with van der Waals surface area (Å²) in [4.78, 5) is 36.3. The van der Waals surface area contributed by atoms with E-state index < -0.39 is 0 Å². The SMILES string of the molecule is CNC(=O)CNC(=O)C[NH+](CCOC)CC(=O)Nc1cccc(C)c1C. The summed E-state index contributed by atoms with van der Waals surface area (Å²) in [6.07, 6.45) is 0. The van der Waals surface area contributed by atoms with Crippen LogP contribution in [-0.4, -0.2) is 64.7 Å². The molecule has 0 aliphatic heterocycles. The first kappa shape index (κ1) is 21.6. The average Bonchev–Trinajstić information content (AvgIpc) is 2.61. The highest BCUT2D eigenvalue weighted by molar-refractivity contribution is 5.92. The fourth-order valence-corrected chi connectivity index (χ4v) is 2.35. The van der Waals surface area contributed by atoms with Crippen LogP contribution in [0.15, 0.2) is 18.2 Å². The molecule has 0 radical (unpaired) electrons. The van der Waals surface area contributed by atoms with Gasteiger partial charge in [-0.1, -0.05) is 12.1 Å². The summed E-state index contributed by atoms with van der Waals surface area (Å²) in [6.45, 7) is 5.00. The highest BCUT2D eigenvalue weighted by Gasteiger charge is 2.19. The lowest BCUT2D eigenvalue weighted by molar-refractivity contribution is -0.884. The number of anilines is 1. The van der Waals surface area contributed by atoms with E-state index in [0.717, 1.165) is 21.7 Å². The van der Waals surface area contributed by atoms with Gasteiger partial charge >= 0.3 is 0 Å². The van der Waals surface area contributed by atoms with E-state index in [1.807, 2.05) is 32.0 Å². The van der Waals surface area contributed by atoms with Crippen LogP contribution >= 0.6 is 0 Å². The van der Waals surface area contributed by atoms with Crippen LogP contribution in [0.25, 0.3) is 0 Å². The van der Waals surface area contributed by atoms with Gasteiger partial charge in [-0.3, -0.25) is 14.4 Å². The Labute approximate surface area is 154 Å². The molecule has 0 aromatic heterocycles. The van der Waals surface area contributed by atoms with E-state index in [1.165, 1.54) is 7.05 Å². The van der Waals surface area contributed by atoms with Gasteiger partial charge in [-0.2, -0.15) is 0 Å². The molecule has 4 N–H and O–H groups in total. The van der Waals surface area contributed by atoms with Gasteiger partial charge < -0.3 is 25.6 Å². The molecule has 0 aliphatic carbocycles. The number of quaternary nitrogens is 1. The summed E-state index contributed by atoms with van der Waals surface area (Å²) in [7, 11) is 3.07. The molecule has 0 spiro atoms. The van der Waals surface area contributed by atoms with Crippen molar-refractivity contribution in [3.8, 4) is 0 Å². The van der Waals surface area contributed by atoms with Gasteiger partial charge in [0.1, 0.15) is 6.54 Å². The average molecular weight is 365 g/mol. The van der Waals surface area contributed by atoms with Crippen molar-refractivity contribution < 1.29 is 24.0 Å². The molecule has 0 fully saturated rings. The van der Waals surface area contributed by atoms with E-state index in [1.54, 1.807) is 7.11 Å². The molecule has 26 heavy (non-hydrogen) atoms. The smallest absolute Gasteiger partial charge is 0.279 e. The Hall–Kier alpha value is -2.45. The van der Waals surface area contributed by atoms with Crippen LogP contribution in [-0.2, 0) is 19.1 Å². The number of benzene rings is 1. The molecule has 1 aromatic carbocycles. The second-order valence-corrected chi connectivity index (χ2v) is 6.09. The van der Waals surface area contributed by atoms with E-state index in [2.05, 4.69) is 16.0 Å².